The van der Waals surface area contributed by atoms with E-state index in [1.54, 1.807) is 12.1 Å². The summed E-state index contributed by atoms with van der Waals surface area (Å²) in [5.41, 5.74) is 0.833. The number of alkyl halides is 3. The van der Waals surface area contributed by atoms with Crippen LogP contribution in [0.25, 0.3) is 0 Å². The summed E-state index contributed by atoms with van der Waals surface area (Å²) in [6, 6.07) is 7.61. The largest absolute Gasteiger partial charge is 0.573 e. The number of nitrogens with zero attached hydrogens (tertiary/aromatic N) is 1. The zero-order valence-corrected chi connectivity index (χ0v) is 11.9. The number of halogens is 3. The molecule has 116 valence electrons. The molecule has 6 heteroatoms. The van der Waals surface area contributed by atoms with Crippen molar-refractivity contribution in [3.63, 3.8) is 0 Å². The van der Waals surface area contributed by atoms with E-state index in [4.69, 9.17) is 0 Å². The second-order valence-corrected chi connectivity index (χ2v) is 5.93. The monoisotopic (exact) mass is 300 g/mol. The lowest BCUT2D eigenvalue weighted by atomic mass is 10.2. The number of nitrogens with one attached hydrogen (secondary N) is 1. The van der Waals surface area contributed by atoms with Gasteiger partial charge in [0.15, 0.2) is 0 Å². The first-order valence-electron chi connectivity index (χ1n) is 7.29. The fraction of sp³-hybridized carbons (Fsp3) is 0.600. The van der Waals surface area contributed by atoms with Crippen molar-refractivity contribution in [2.45, 2.75) is 50.7 Å². The quantitative estimate of drug-likeness (QED) is 0.919. The highest BCUT2D eigenvalue weighted by atomic mass is 19.4. The van der Waals surface area contributed by atoms with Crippen LogP contribution in [0.5, 0.6) is 5.75 Å². The molecular weight excluding hydrogens is 281 g/mol. The summed E-state index contributed by atoms with van der Waals surface area (Å²) >= 11 is 0. The standard InChI is InChI=1S/C15H19F3N2O/c1-10-8-12(9-20(10)13-4-5-13)19-11-2-6-14(7-3-11)21-15(16,17)18/h2-3,6-7,10,12-13,19H,4-5,8-9H2,1H3. The van der Waals surface area contributed by atoms with Gasteiger partial charge in [-0.05, 0) is 50.5 Å². The molecule has 3 nitrogen and oxygen atoms in total. The van der Waals surface area contributed by atoms with Gasteiger partial charge in [0, 0.05) is 30.4 Å². The molecule has 1 N–H and O–H groups in total. The minimum absolute atomic E-state index is 0.188. The molecule has 1 saturated heterocycles. The Balaban J connectivity index is 1.56. The Morgan fingerprint density at radius 2 is 1.86 bits per heavy atom. The summed E-state index contributed by atoms with van der Waals surface area (Å²) in [6.07, 6.45) is -0.987. The molecule has 2 atom stereocenters. The van der Waals surface area contributed by atoms with E-state index in [9.17, 15) is 13.2 Å². The van der Waals surface area contributed by atoms with Crippen molar-refractivity contribution in [2.24, 2.45) is 0 Å². The Morgan fingerprint density at radius 3 is 2.43 bits per heavy atom. The summed E-state index contributed by atoms with van der Waals surface area (Å²) in [7, 11) is 0. The third-order valence-electron chi connectivity index (χ3n) is 4.10. The number of hydrogen-bond donors (Lipinski definition) is 1. The summed E-state index contributed by atoms with van der Waals surface area (Å²) in [4.78, 5) is 2.53. The topological polar surface area (TPSA) is 24.5 Å². The number of hydrogen-bond acceptors (Lipinski definition) is 3. The molecule has 0 aromatic heterocycles. The second-order valence-electron chi connectivity index (χ2n) is 5.93. The van der Waals surface area contributed by atoms with Crippen molar-refractivity contribution in [1.29, 1.82) is 0 Å². The van der Waals surface area contributed by atoms with Crippen LogP contribution < -0.4 is 10.1 Å². The van der Waals surface area contributed by atoms with Crippen LogP contribution in [0, 0.1) is 0 Å². The van der Waals surface area contributed by atoms with Crippen LogP contribution in [-0.4, -0.2) is 35.9 Å². The molecule has 3 rings (SSSR count). The molecule has 2 aliphatic rings. The summed E-state index contributed by atoms with van der Waals surface area (Å²) in [5.74, 6) is -0.188. The van der Waals surface area contributed by atoms with E-state index in [-0.39, 0.29) is 5.75 Å². The third-order valence-corrected chi connectivity index (χ3v) is 4.10. The maximum atomic E-state index is 12.1. The molecular formula is C15H19F3N2O. The van der Waals surface area contributed by atoms with Crippen molar-refractivity contribution in [1.82, 2.24) is 4.90 Å². The first-order valence-corrected chi connectivity index (χ1v) is 7.29. The van der Waals surface area contributed by atoms with E-state index < -0.39 is 6.36 Å². The normalized spacial score (nSPS) is 26.9. The fourth-order valence-electron chi connectivity index (χ4n) is 3.06. The highest BCUT2D eigenvalue weighted by Crippen LogP contribution is 2.34. The first-order chi connectivity index (χ1) is 9.90. The average Bonchev–Trinajstić information content (AvgIpc) is 3.15. The van der Waals surface area contributed by atoms with Gasteiger partial charge in [-0.25, -0.2) is 0 Å². The van der Waals surface area contributed by atoms with Gasteiger partial charge in [-0.1, -0.05) is 0 Å². The van der Waals surface area contributed by atoms with Crippen LogP contribution >= 0.6 is 0 Å². The van der Waals surface area contributed by atoms with Gasteiger partial charge >= 0.3 is 6.36 Å². The Labute approximate surface area is 122 Å². The van der Waals surface area contributed by atoms with Gasteiger partial charge < -0.3 is 10.1 Å². The molecule has 0 bridgehead atoms. The molecule has 21 heavy (non-hydrogen) atoms. The zero-order chi connectivity index (χ0) is 15.0. The number of likely N-dealkylation sites (tertiary alicyclic amines) is 1. The van der Waals surface area contributed by atoms with Gasteiger partial charge in [0.1, 0.15) is 5.75 Å². The summed E-state index contributed by atoms with van der Waals surface area (Å²) in [6.45, 7) is 3.24. The third kappa shape index (κ3) is 3.81. The first kappa shape index (κ1) is 14.5. The highest BCUT2D eigenvalue weighted by molar-refractivity contribution is 5.47. The summed E-state index contributed by atoms with van der Waals surface area (Å²) in [5, 5.41) is 3.40. The molecule has 1 aliphatic carbocycles. The number of anilines is 1. The van der Waals surface area contributed by atoms with Gasteiger partial charge in [0.2, 0.25) is 0 Å². The van der Waals surface area contributed by atoms with E-state index >= 15 is 0 Å². The zero-order valence-electron chi connectivity index (χ0n) is 11.9. The lowest BCUT2D eigenvalue weighted by Crippen LogP contribution is -2.30. The minimum Gasteiger partial charge on any atom is -0.406 e. The molecule has 0 spiro atoms. The number of rotatable bonds is 4. The van der Waals surface area contributed by atoms with Gasteiger partial charge in [-0.15, -0.1) is 13.2 Å². The van der Waals surface area contributed by atoms with Gasteiger partial charge in [0.25, 0.3) is 0 Å². The molecule has 1 saturated carbocycles. The number of ether oxygens (including phenoxy) is 1. The molecule has 1 aromatic rings. The van der Waals surface area contributed by atoms with E-state index in [0.717, 1.165) is 24.7 Å². The average molecular weight is 300 g/mol. The maximum Gasteiger partial charge on any atom is 0.573 e. The minimum atomic E-state index is -4.64. The van der Waals surface area contributed by atoms with Crippen molar-refractivity contribution in [3.8, 4) is 5.75 Å². The van der Waals surface area contributed by atoms with Gasteiger partial charge in [0.05, 0.1) is 0 Å². The van der Waals surface area contributed by atoms with E-state index in [0.29, 0.717) is 12.1 Å². The Hall–Kier alpha value is -1.43. The summed E-state index contributed by atoms with van der Waals surface area (Å²) < 4.78 is 40.1. The predicted octanol–water partition coefficient (Wildman–Crippen LogP) is 3.62. The van der Waals surface area contributed by atoms with Gasteiger partial charge in [-0.3, -0.25) is 4.90 Å². The van der Waals surface area contributed by atoms with Crippen molar-refractivity contribution < 1.29 is 17.9 Å². The van der Waals surface area contributed by atoms with Crippen LogP contribution in [0.2, 0.25) is 0 Å². The molecule has 2 fully saturated rings. The highest BCUT2D eigenvalue weighted by Gasteiger charge is 2.38. The smallest absolute Gasteiger partial charge is 0.406 e. The SMILES string of the molecule is CC1CC(Nc2ccc(OC(F)(F)F)cc2)CN1C1CC1. The van der Waals surface area contributed by atoms with Crippen LogP contribution in [-0.2, 0) is 0 Å². The molecule has 0 amide bonds. The Bertz CT molecular complexity index is 485. The van der Waals surface area contributed by atoms with Crippen LogP contribution in [0.15, 0.2) is 24.3 Å². The number of benzene rings is 1. The molecule has 1 aliphatic heterocycles. The van der Waals surface area contributed by atoms with Crippen LogP contribution in [0.1, 0.15) is 26.2 Å². The predicted molar refractivity (Wildman–Crippen MR) is 74.3 cm³/mol. The Kier molecular flexibility index (Phi) is 3.73. The lowest BCUT2D eigenvalue weighted by molar-refractivity contribution is -0.274. The van der Waals surface area contributed by atoms with Crippen molar-refractivity contribution in [3.05, 3.63) is 24.3 Å². The molecule has 2 unspecified atom stereocenters. The molecule has 1 heterocycles. The lowest BCUT2D eigenvalue weighted by Gasteiger charge is -2.20. The maximum absolute atomic E-state index is 12.1. The Morgan fingerprint density at radius 1 is 1.19 bits per heavy atom. The fourth-order valence-corrected chi connectivity index (χ4v) is 3.06. The van der Waals surface area contributed by atoms with E-state index in [1.165, 1.54) is 25.0 Å². The van der Waals surface area contributed by atoms with Crippen LogP contribution in [0.3, 0.4) is 0 Å². The molecule has 0 radical (unpaired) electrons. The van der Waals surface area contributed by atoms with Crippen molar-refractivity contribution >= 4 is 5.69 Å². The molecule has 1 aromatic carbocycles. The van der Waals surface area contributed by atoms with Crippen molar-refractivity contribution in [2.75, 3.05) is 11.9 Å². The van der Waals surface area contributed by atoms with Crippen LogP contribution in [0.4, 0.5) is 18.9 Å². The van der Waals surface area contributed by atoms with E-state index in [2.05, 4.69) is 21.9 Å². The van der Waals surface area contributed by atoms with E-state index in [1.807, 2.05) is 0 Å². The van der Waals surface area contributed by atoms with Gasteiger partial charge in [-0.2, -0.15) is 0 Å². The second kappa shape index (κ2) is 5.40.